The number of hydrogen-bond acceptors (Lipinski definition) is 3. The third-order valence-corrected chi connectivity index (χ3v) is 3.49. The molecule has 1 N–H and O–H groups in total. The number of aromatic nitrogens is 2. The number of nitrogens with zero attached hydrogens (tertiary/aromatic N) is 2. The van der Waals surface area contributed by atoms with E-state index in [1.807, 2.05) is 20.2 Å². The lowest BCUT2D eigenvalue weighted by molar-refractivity contribution is 0.402. The number of nitrogens with one attached hydrogen (secondary N) is 1. The lowest BCUT2D eigenvalue weighted by Crippen LogP contribution is -2.23. The van der Waals surface area contributed by atoms with Crippen LogP contribution in [-0.2, 0) is 13.5 Å². The van der Waals surface area contributed by atoms with Crippen LogP contribution in [0, 0.1) is 5.82 Å². The van der Waals surface area contributed by atoms with Crippen LogP contribution in [0.25, 0.3) is 0 Å². The number of rotatable bonds is 6. The average molecular weight is 291 g/mol. The largest absolute Gasteiger partial charge is 0.496 e. The van der Waals surface area contributed by atoms with Crippen LogP contribution in [0.2, 0.25) is 0 Å². The van der Waals surface area contributed by atoms with Crippen molar-refractivity contribution in [3.05, 3.63) is 47.0 Å². The molecular formula is C16H22FN3O. The highest BCUT2D eigenvalue weighted by molar-refractivity contribution is 5.42. The van der Waals surface area contributed by atoms with E-state index in [2.05, 4.69) is 17.3 Å². The van der Waals surface area contributed by atoms with E-state index in [0.717, 1.165) is 29.8 Å². The van der Waals surface area contributed by atoms with Crippen molar-refractivity contribution in [3.63, 3.8) is 0 Å². The van der Waals surface area contributed by atoms with Crippen molar-refractivity contribution in [1.82, 2.24) is 15.1 Å². The van der Waals surface area contributed by atoms with Crippen LogP contribution < -0.4 is 10.1 Å². The van der Waals surface area contributed by atoms with Gasteiger partial charge in [0.15, 0.2) is 0 Å². The normalized spacial score (nSPS) is 12.4. The lowest BCUT2D eigenvalue weighted by Gasteiger charge is -2.21. The second-order valence-electron chi connectivity index (χ2n) is 4.94. The minimum absolute atomic E-state index is 0.135. The summed E-state index contributed by atoms with van der Waals surface area (Å²) < 4.78 is 20.9. The molecule has 0 spiro atoms. The Bertz CT molecular complexity index is 610. The van der Waals surface area contributed by atoms with Gasteiger partial charge in [-0.05, 0) is 31.2 Å². The molecule has 5 heteroatoms. The van der Waals surface area contributed by atoms with Crippen molar-refractivity contribution >= 4 is 0 Å². The van der Waals surface area contributed by atoms with Gasteiger partial charge in [-0.25, -0.2) is 4.39 Å². The molecule has 0 saturated heterocycles. The first-order valence-corrected chi connectivity index (χ1v) is 7.19. The van der Waals surface area contributed by atoms with Crippen molar-refractivity contribution in [2.24, 2.45) is 7.05 Å². The minimum atomic E-state index is -0.268. The molecule has 1 unspecified atom stereocenters. The molecule has 0 aliphatic rings. The van der Waals surface area contributed by atoms with E-state index in [9.17, 15) is 4.39 Å². The molecule has 4 nitrogen and oxygen atoms in total. The molecule has 0 fully saturated rings. The molecule has 1 aromatic carbocycles. The smallest absolute Gasteiger partial charge is 0.124 e. The summed E-state index contributed by atoms with van der Waals surface area (Å²) in [5, 5.41) is 7.88. The SMILES string of the molecule is CCNC(c1cc(F)ccc1OC)c1cn(C)nc1CC. The molecule has 114 valence electrons. The van der Waals surface area contributed by atoms with E-state index in [0.29, 0.717) is 5.75 Å². The molecule has 2 aromatic rings. The third kappa shape index (κ3) is 3.24. The zero-order valence-corrected chi connectivity index (χ0v) is 13.0. The van der Waals surface area contributed by atoms with Crippen molar-refractivity contribution in [3.8, 4) is 5.75 Å². The van der Waals surface area contributed by atoms with Gasteiger partial charge in [-0.15, -0.1) is 0 Å². The lowest BCUT2D eigenvalue weighted by atomic mass is 9.97. The van der Waals surface area contributed by atoms with Gasteiger partial charge in [-0.2, -0.15) is 5.10 Å². The summed E-state index contributed by atoms with van der Waals surface area (Å²) in [6.45, 7) is 4.86. The Balaban J connectivity index is 2.55. The van der Waals surface area contributed by atoms with Crippen molar-refractivity contribution in [2.45, 2.75) is 26.3 Å². The molecule has 1 aromatic heterocycles. The molecule has 0 saturated carbocycles. The Kier molecular flexibility index (Phi) is 4.96. The van der Waals surface area contributed by atoms with E-state index >= 15 is 0 Å². The summed E-state index contributed by atoms with van der Waals surface area (Å²) in [5.74, 6) is 0.406. The predicted molar refractivity (Wildman–Crippen MR) is 81.1 cm³/mol. The van der Waals surface area contributed by atoms with Crippen LogP contribution in [0.15, 0.2) is 24.4 Å². The zero-order chi connectivity index (χ0) is 15.4. The first-order valence-electron chi connectivity index (χ1n) is 7.19. The van der Waals surface area contributed by atoms with Crippen LogP contribution in [0.3, 0.4) is 0 Å². The quantitative estimate of drug-likeness (QED) is 0.889. The highest BCUT2D eigenvalue weighted by Gasteiger charge is 2.22. The molecule has 1 atom stereocenters. The Hall–Kier alpha value is -1.88. The van der Waals surface area contributed by atoms with Gasteiger partial charge in [0.05, 0.1) is 18.8 Å². The average Bonchev–Trinajstić information content (AvgIpc) is 2.85. The molecule has 0 amide bonds. The van der Waals surface area contributed by atoms with Gasteiger partial charge in [-0.1, -0.05) is 13.8 Å². The van der Waals surface area contributed by atoms with Gasteiger partial charge in [0.25, 0.3) is 0 Å². The first kappa shape index (κ1) is 15.5. The zero-order valence-electron chi connectivity index (χ0n) is 13.0. The van der Waals surface area contributed by atoms with Gasteiger partial charge in [-0.3, -0.25) is 4.68 Å². The Morgan fingerprint density at radius 2 is 2.10 bits per heavy atom. The van der Waals surface area contributed by atoms with Crippen LogP contribution in [0.5, 0.6) is 5.75 Å². The molecule has 0 aliphatic heterocycles. The van der Waals surface area contributed by atoms with Crippen LogP contribution in [0.4, 0.5) is 4.39 Å². The van der Waals surface area contributed by atoms with E-state index in [-0.39, 0.29) is 11.9 Å². The van der Waals surface area contributed by atoms with E-state index < -0.39 is 0 Å². The molecule has 0 radical (unpaired) electrons. The summed E-state index contributed by atoms with van der Waals surface area (Å²) in [6, 6.07) is 4.47. The van der Waals surface area contributed by atoms with Crippen molar-refractivity contribution < 1.29 is 9.13 Å². The Morgan fingerprint density at radius 3 is 2.71 bits per heavy atom. The van der Waals surface area contributed by atoms with Gasteiger partial charge in [0.1, 0.15) is 11.6 Å². The van der Waals surface area contributed by atoms with Crippen molar-refractivity contribution in [2.75, 3.05) is 13.7 Å². The maximum absolute atomic E-state index is 13.7. The number of aryl methyl sites for hydroxylation is 2. The second kappa shape index (κ2) is 6.72. The predicted octanol–water partition coefficient (Wildman–Crippen LogP) is 2.83. The van der Waals surface area contributed by atoms with Gasteiger partial charge < -0.3 is 10.1 Å². The molecule has 1 heterocycles. The summed E-state index contributed by atoms with van der Waals surface area (Å²) >= 11 is 0. The fraction of sp³-hybridized carbons (Fsp3) is 0.438. The van der Waals surface area contributed by atoms with Gasteiger partial charge in [0.2, 0.25) is 0 Å². The van der Waals surface area contributed by atoms with Crippen LogP contribution in [0.1, 0.15) is 36.7 Å². The summed E-state index contributed by atoms with van der Waals surface area (Å²) in [5.41, 5.74) is 2.86. The maximum Gasteiger partial charge on any atom is 0.124 e. The fourth-order valence-electron chi connectivity index (χ4n) is 2.59. The summed E-state index contributed by atoms with van der Waals surface area (Å²) in [4.78, 5) is 0. The van der Waals surface area contributed by atoms with E-state index in [1.165, 1.54) is 12.1 Å². The minimum Gasteiger partial charge on any atom is -0.496 e. The first-order chi connectivity index (χ1) is 10.1. The van der Waals surface area contributed by atoms with Crippen LogP contribution >= 0.6 is 0 Å². The highest BCUT2D eigenvalue weighted by atomic mass is 19.1. The number of halogens is 1. The summed E-state index contributed by atoms with van der Waals surface area (Å²) in [6.07, 6.45) is 2.81. The molecule has 2 rings (SSSR count). The van der Waals surface area contributed by atoms with Gasteiger partial charge >= 0.3 is 0 Å². The highest BCUT2D eigenvalue weighted by Crippen LogP contribution is 2.32. The number of ether oxygens (including phenoxy) is 1. The second-order valence-corrected chi connectivity index (χ2v) is 4.94. The Labute approximate surface area is 124 Å². The monoisotopic (exact) mass is 291 g/mol. The molecule has 21 heavy (non-hydrogen) atoms. The maximum atomic E-state index is 13.7. The molecule has 0 aliphatic carbocycles. The van der Waals surface area contributed by atoms with Crippen LogP contribution in [-0.4, -0.2) is 23.4 Å². The third-order valence-electron chi connectivity index (χ3n) is 3.49. The molecule has 0 bridgehead atoms. The fourth-order valence-corrected chi connectivity index (χ4v) is 2.59. The number of methoxy groups -OCH3 is 1. The standard InChI is InChI=1S/C16H22FN3O/c1-5-14-13(10-20(3)19-14)16(18-6-2)12-9-11(17)7-8-15(12)21-4/h7-10,16,18H,5-6H2,1-4H3. The van der Waals surface area contributed by atoms with Crippen molar-refractivity contribution in [1.29, 1.82) is 0 Å². The van der Waals surface area contributed by atoms with E-state index in [1.54, 1.807) is 17.9 Å². The summed E-state index contributed by atoms with van der Waals surface area (Å²) in [7, 11) is 3.50. The number of hydrogen-bond donors (Lipinski definition) is 1. The molecular weight excluding hydrogens is 269 g/mol. The number of benzene rings is 1. The van der Waals surface area contributed by atoms with Gasteiger partial charge in [0, 0.05) is 24.4 Å². The Morgan fingerprint density at radius 1 is 1.33 bits per heavy atom. The topological polar surface area (TPSA) is 39.1 Å². The van der Waals surface area contributed by atoms with E-state index in [4.69, 9.17) is 4.74 Å².